The third-order valence-corrected chi connectivity index (χ3v) is 4.07. The molecule has 0 spiro atoms. The van der Waals surface area contributed by atoms with E-state index in [-0.39, 0.29) is 6.04 Å². The molecule has 0 aliphatic carbocycles. The summed E-state index contributed by atoms with van der Waals surface area (Å²) in [6.07, 6.45) is 0. The molecule has 0 saturated heterocycles. The average molecular weight is 347 g/mol. The SMILES string of the molecule is COc1ccc(NC(N)=NCC(C)N(C)c2ccccc2)cc1Cl. The molecule has 5 nitrogen and oxygen atoms in total. The number of anilines is 2. The molecule has 0 saturated carbocycles. The van der Waals surface area contributed by atoms with Crippen LogP contribution in [0.4, 0.5) is 11.4 Å². The van der Waals surface area contributed by atoms with Crippen molar-refractivity contribution in [1.82, 2.24) is 0 Å². The number of methoxy groups -OCH3 is 1. The van der Waals surface area contributed by atoms with Crippen LogP contribution in [0.2, 0.25) is 5.02 Å². The van der Waals surface area contributed by atoms with Gasteiger partial charge in [-0.1, -0.05) is 29.8 Å². The van der Waals surface area contributed by atoms with Gasteiger partial charge in [-0.15, -0.1) is 0 Å². The van der Waals surface area contributed by atoms with E-state index in [0.717, 1.165) is 11.4 Å². The highest BCUT2D eigenvalue weighted by atomic mass is 35.5. The van der Waals surface area contributed by atoms with Crippen molar-refractivity contribution in [3.63, 3.8) is 0 Å². The van der Waals surface area contributed by atoms with Gasteiger partial charge in [-0.3, -0.25) is 4.99 Å². The summed E-state index contributed by atoms with van der Waals surface area (Å²) in [5, 5.41) is 3.56. The predicted molar refractivity (Wildman–Crippen MR) is 102 cm³/mol. The first-order valence-corrected chi connectivity index (χ1v) is 8.07. The lowest BCUT2D eigenvalue weighted by molar-refractivity contribution is 0.415. The van der Waals surface area contributed by atoms with Crippen LogP contribution in [-0.2, 0) is 0 Å². The largest absolute Gasteiger partial charge is 0.495 e. The van der Waals surface area contributed by atoms with E-state index in [0.29, 0.717) is 23.3 Å². The molecule has 128 valence electrons. The highest BCUT2D eigenvalue weighted by Crippen LogP contribution is 2.27. The molecule has 0 bridgehead atoms. The molecule has 2 aromatic carbocycles. The number of para-hydroxylation sites is 1. The summed E-state index contributed by atoms with van der Waals surface area (Å²) in [5.74, 6) is 0.973. The van der Waals surface area contributed by atoms with Crippen LogP contribution < -0.4 is 20.7 Å². The van der Waals surface area contributed by atoms with Crippen molar-refractivity contribution in [3.05, 3.63) is 53.6 Å². The second kappa shape index (κ2) is 8.45. The Labute approximate surface area is 148 Å². The molecule has 1 unspecified atom stereocenters. The first kappa shape index (κ1) is 17.9. The Balaban J connectivity index is 1.95. The van der Waals surface area contributed by atoms with E-state index in [1.807, 2.05) is 31.3 Å². The van der Waals surface area contributed by atoms with Crippen molar-refractivity contribution in [3.8, 4) is 5.75 Å². The molecular weight excluding hydrogens is 324 g/mol. The zero-order chi connectivity index (χ0) is 17.5. The van der Waals surface area contributed by atoms with Crippen molar-refractivity contribution in [2.75, 3.05) is 30.9 Å². The number of nitrogens with two attached hydrogens (primary N) is 1. The smallest absolute Gasteiger partial charge is 0.193 e. The molecule has 0 radical (unpaired) electrons. The molecule has 2 aromatic rings. The number of likely N-dealkylation sites (N-methyl/N-ethyl adjacent to an activating group) is 1. The molecule has 0 aliphatic heterocycles. The molecule has 6 heteroatoms. The van der Waals surface area contributed by atoms with Crippen molar-refractivity contribution >= 4 is 28.9 Å². The lowest BCUT2D eigenvalue weighted by Gasteiger charge is -2.25. The van der Waals surface area contributed by atoms with Gasteiger partial charge >= 0.3 is 0 Å². The summed E-state index contributed by atoms with van der Waals surface area (Å²) < 4.78 is 5.13. The number of benzene rings is 2. The first-order valence-electron chi connectivity index (χ1n) is 7.69. The number of nitrogens with zero attached hydrogens (tertiary/aromatic N) is 2. The van der Waals surface area contributed by atoms with Crippen LogP contribution in [0.1, 0.15) is 6.92 Å². The highest BCUT2D eigenvalue weighted by molar-refractivity contribution is 6.32. The lowest BCUT2D eigenvalue weighted by atomic mass is 10.2. The minimum Gasteiger partial charge on any atom is -0.495 e. The molecule has 0 aromatic heterocycles. The maximum absolute atomic E-state index is 6.10. The fourth-order valence-corrected chi connectivity index (χ4v) is 2.46. The van der Waals surface area contributed by atoms with E-state index < -0.39 is 0 Å². The number of guanidine groups is 1. The van der Waals surface area contributed by atoms with Gasteiger partial charge in [0.1, 0.15) is 5.75 Å². The number of ether oxygens (including phenoxy) is 1. The zero-order valence-electron chi connectivity index (χ0n) is 14.2. The number of nitrogens with one attached hydrogen (secondary N) is 1. The quantitative estimate of drug-likeness (QED) is 0.619. The van der Waals surface area contributed by atoms with Crippen LogP contribution in [0.25, 0.3) is 0 Å². The van der Waals surface area contributed by atoms with Gasteiger partial charge in [0.15, 0.2) is 5.96 Å². The van der Waals surface area contributed by atoms with Crippen LogP contribution in [0.15, 0.2) is 53.5 Å². The average Bonchev–Trinajstić information content (AvgIpc) is 2.60. The highest BCUT2D eigenvalue weighted by Gasteiger charge is 2.09. The zero-order valence-corrected chi connectivity index (χ0v) is 14.9. The van der Waals surface area contributed by atoms with Crippen molar-refractivity contribution < 1.29 is 4.74 Å². The van der Waals surface area contributed by atoms with Gasteiger partial charge in [-0.2, -0.15) is 0 Å². The Bertz CT molecular complexity index is 691. The van der Waals surface area contributed by atoms with Gasteiger partial charge in [0.25, 0.3) is 0 Å². The second-order valence-corrected chi connectivity index (χ2v) is 5.90. The Morgan fingerprint density at radius 1 is 1.29 bits per heavy atom. The molecule has 0 aliphatic rings. The Hall–Kier alpha value is -2.40. The van der Waals surface area contributed by atoms with E-state index in [1.165, 1.54) is 0 Å². The third kappa shape index (κ3) is 4.80. The minimum atomic E-state index is 0.215. The first-order chi connectivity index (χ1) is 11.5. The van der Waals surface area contributed by atoms with Gasteiger partial charge in [0, 0.05) is 24.5 Å². The Morgan fingerprint density at radius 2 is 2.00 bits per heavy atom. The number of hydrogen-bond acceptors (Lipinski definition) is 3. The maximum Gasteiger partial charge on any atom is 0.193 e. The van der Waals surface area contributed by atoms with Crippen molar-refractivity contribution in [2.24, 2.45) is 10.7 Å². The number of halogens is 1. The Morgan fingerprint density at radius 3 is 2.62 bits per heavy atom. The lowest BCUT2D eigenvalue weighted by Crippen LogP contribution is -2.33. The number of aliphatic imine (C=N–C) groups is 1. The van der Waals surface area contributed by atoms with E-state index in [1.54, 1.807) is 19.2 Å². The van der Waals surface area contributed by atoms with Crippen LogP contribution in [0, 0.1) is 0 Å². The van der Waals surface area contributed by atoms with E-state index in [2.05, 4.69) is 34.3 Å². The van der Waals surface area contributed by atoms with E-state index >= 15 is 0 Å². The van der Waals surface area contributed by atoms with Gasteiger partial charge in [-0.25, -0.2) is 0 Å². The van der Waals surface area contributed by atoms with Gasteiger partial charge < -0.3 is 20.7 Å². The molecule has 2 rings (SSSR count). The molecule has 0 heterocycles. The number of hydrogen-bond donors (Lipinski definition) is 2. The molecule has 24 heavy (non-hydrogen) atoms. The van der Waals surface area contributed by atoms with Gasteiger partial charge in [0.05, 0.1) is 18.7 Å². The molecule has 3 N–H and O–H groups in total. The van der Waals surface area contributed by atoms with Gasteiger partial charge in [0.2, 0.25) is 0 Å². The summed E-state index contributed by atoms with van der Waals surface area (Å²) in [7, 11) is 3.62. The standard InChI is InChI=1S/C18H23ClN4O/c1-13(23(2)15-7-5-4-6-8-15)12-21-18(20)22-14-9-10-17(24-3)16(19)11-14/h4-11,13H,12H2,1-3H3,(H3,20,21,22). The summed E-state index contributed by atoms with van der Waals surface area (Å²) >= 11 is 6.10. The van der Waals surface area contributed by atoms with Gasteiger partial charge in [-0.05, 0) is 37.3 Å². The fourth-order valence-electron chi connectivity index (χ4n) is 2.20. The topological polar surface area (TPSA) is 62.9 Å². The summed E-state index contributed by atoms with van der Waals surface area (Å²) in [6, 6.07) is 15.8. The monoisotopic (exact) mass is 346 g/mol. The molecular formula is C18H23ClN4O. The fraction of sp³-hybridized carbons (Fsp3) is 0.278. The minimum absolute atomic E-state index is 0.215. The van der Waals surface area contributed by atoms with Crippen LogP contribution in [-0.4, -0.2) is 32.7 Å². The maximum atomic E-state index is 6.10. The van der Waals surface area contributed by atoms with Crippen LogP contribution in [0.5, 0.6) is 5.75 Å². The van der Waals surface area contributed by atoms with Crippen LogP contribution >= 0.6 is 11.6 Å². The normalized spacial score (nSPS) is 12.6. The second-order valence-electron chi connectivity index (χ2n) is 5.50. The van der Waals surface area contributed by atoms with E-state index in [9.17, 15) is 0 Å². The summed E-state index contributed by atoms with van der Waals surface area (Å²) in [6.45, 7) is 2.68. The third-order valence-electron chi connectivity index (χ3n) is 3.77. The predicted octanol–water partition coefficient (Wildman–Crippen LogP) is 3.60. The molecule has 0 amide bonds. The van der Waals surface area contributed by atoms with Crippen molar-refractivity contribution in [2.45, 2.75) is 13.0 Å². The molecule has 0 fully saturated rings. The van der Waals surface area contributed by atoms with Crippen molar-refractivity contribution in [1.29, 1.82) is 0 Å². The van der Waals surface area contributed by atoms with E-state index in [4.69, 9.17) is 22.1 Å². The van der Waals surface area contributed by atoms with Crippen LogP contribution in [0.3, 0.4) is 0 Å². The summed E-state index contributed by atoms with van der Waals surface area (Å²) in [5.41, 5.74) is 7.88. The Kier molecular flexibility index (Phi) is 6.32. The summed E-state index contributed by atoms with van der Waals surface area (Å²) in [4.78, 5) is 6.57. The molecule has 1 atom stereocenters. The number of rotatable bonds is 6.